The fraction of sp³-hybridized carbons (Fsp3) is 0.250. The molecule has 1 amide bonds. The maximum absolute atomic E-state index is 12.1. The molecule has 1 aromatic heterocycles. The van der Waals surface area contributed by atoms with Crippen LogP contribution in [0.25, 0.3) is 0 Å². The number of rotatable bonds is 5. The highest BCUT2D eigenvalue weighted by Crippen LogP contribution is 2.26. The van der Waals surface area contributed by atoms with Gasteiger partial charge < -0.3 is 5.32 Å². The molecule has 0 aliphatic heterocycles. The molecule has 110 valence electrons. The van der Waals surface area contributed by atoms with Gasteiger partial charge in [-0.05, 0) is 29.7 Å². The zero-order valence-electron chi connectivity index (χ0n) is 12.0. The van der Waals surface area contributed by atoms with E-state index in [0.29, 0.717) is 16.0 Å². The first-order valence-corrected chi connectivity index (χ1v) is 8.06. The van der Waals surface area contributed by atoms with Gasteiger partial charge in [0.1, 0.15) is 5.03 Å². The van der Waals surface area contributed by atoms with Crippen molar-refractivity contribution in [2.24, 2.45) is 0 Å². The van der Waals surface area contributed by atoms with Crippen LogP contribution in [0.2, 0.25) is 5.02 Å². The lowest BCUT2D eigenvalue weighted by atomic mass is 10.0. The van der Waals surface area contributed by atoms with E-state index in [2.05, 4.69) is 24.1 Å². The zero-order chi connectivity index (χ0) is 15.2. The van der Waals surface area contributed by atoms with E-state index in [-0.39, 0.29) is 11.7 Å². The Balaban J connectivity index is 1.98. The average molecular weight is 321 g/mol. The van der Waals surface area contributed by atoms with Crippen LogP contribution in [0.5, 0.6) is 0 Å². The van der Waals surface area contributed by atoms with Gasteiger partial charge in [-0.15, -0.1) is 0 Å². The molecule has 0 aliphatic rings. The van der Waals surface area contributed by atoms with Crippen molar-refractivity contribution in [3.8, 4) is 0 Å². The van der Waals surface area contributed by atoms with Gasteiger partial charge in [-0.2, -0.15) is 0 Å². The number of pyridine rings is 1. The van der Waals surface area contributed by atoms with Gasteiger partial charge in [-0.3, -0.25) is 4.79 Å². The summed E-state index contributed by atoms with van der Waals surface area (Å²) in [6.45, 7) is 4.21. The highest BCUT2D eigenvalue weighted by molar-refractivity contribution is 8.00. The summed E-state index contributed by atoms with van der Waals surface area (Å²) in [5.74, 6) is 0.581. The third kappa shape index (κ3) is 4.48. The summed E-state index contributed by atoms with van der Waals surface area (Å²) in [6, 6.07) is 11.4. The number of anilines is 1. The summed E-state index contributed by atoms with van der Waals surface area (Å²) >= 11 is 7.35. The number of para-hydroxylation sites is 1. The Kier molecular flexibility index (Phi) is 5.65. The Morgan fingerprint density at radius 2 is 2.05 bits per heavy atom. The van der Waals surface area contributed by atoms with Gasteiger partial charge in [0.2, 0.25) is 5.91 Å². The Hall–Kier alpha value is -1.52. The number of thioether (sulfide) groups is 1. The highest BCUT2D eigenvalue weighted by Gasteiger charge is 2.10. The van der Waals surface area contributed by atoms with Gasteiger partial charge in [-0.1, -0.05) is 55.4 Å². The number of carbonyl (C=O) groups excluding carboxylic acids is 1. The molecular formula is C16H17ClN2OS. The van der Waals surface area contributed by atoms with Crippen molar-refractivity contribution in [3.63, 3.8) is 0 Å². The largest absolute Gasteiger partial charge is 0.325 e. The number of carbonyl (C=O) groups is 1. The lowest BCUT2D eigenvalue weighted by Crippen LogP contribution is -2.15. The summed E-state index contributed by atoms with van der Waals surface area (Å²) in [4.78, 5) is 16.2. The second-order valence-electron chi connectivity index (χ2n) is 4.87. The Morgan fingerprint density at radius 3 is 2.76 bits per heavy atom. The van der Waals surface area contributed by atoms with Crippen molar-refractivity contribution < 1.29 is 4.79 Å². The quantitative estimate of drug-likeness (QED) is 0.819. The van der Waals surface area contributed by atoms with E-state index in [9.17, 15) is 4.79 Å². The molecule has 0 saturated carbocycles. The molecule has 0 fully saturated rings. The molecule has 1 aromatic carbocycles. The minimum absolute atomic E-state index is 0.0604. The lowest BCUT2D eigenvalue weighted by molar-refractivity contribution is -0.113. The molecular weight excluding hydrogens is 304 g/mol. The van der Waals surface area contributed by atoms with Crippen molar-refractivity contribution in [1.29, 1.82) is 0 Å². The SMILES string of the molecule is CC(C)c1ccccc1NC(=O)CSc1ncccc1Cl. The normalized spacial score (nSPS) is 10.7. The van der Waals surface area contributed by atoms with E-state index in [1.54, 1.807) is 18.3 Å². The second-order valence-corrected chi connectivity index (χ2v) is 6.24. The first-order valence-electron chi connectivity index (χ1n) is 6.70. The Labute approximate surface area is 134 Å². The Bertz CT molecular complexity index is 631. The minimum atomic E-state index is -0.0604. The molecule has 1 heterocycles. The zero-order valence-corrected chi connectivity index (χ0v) is 13.5. The van der Waals surface area contributed by atoms with Crippen LogP contribution >= 0.6 is 23.4 Å². The summed E-state index contributed by atoms with van der Waals surface area (Å²) in [7, 11) is 0. The molecule has 0 bridgehead atoms. The van der Waals surface area contributed by atoms with Crippen molar-refractivity contribution in [3.05, 3.63) is 53.2 Å². The third-order valence-electron chi connectivity index (χ3n) is 2.92. The summed E-state index contributed by atoms with van der Waals surface area (Å²) < 4.78 is 0. The van der Waals surface area contributed by atoms with Crippen LogP contribution < -0.4 is 5.32 Å². The average Bonchev–Trinajstić information content (AvgIpc) is 2.47. The number of amides is 1. The number of nitrogens with one attached hydrogen (secondary N) is 1. The van der Waals surface area contributed by atoms with E-state index in [0.717, 1.165) is 11.3 Å². The molecule has 5 heteroatoms. The van der Waals surface area contributed by atoms with E-state index in [1.807, 2.05) is 24.3 Å². The molecule has 0 spiro atoms. The first kappa shape index (κ1) is 15.9. The van der Waals surface area contributed by atoms with Crippen LogP contribution in [0.3, 0.4) is 0 Å². The summed E-state index contributed by atoms with van der Waals surface area (Å²) in [5, 5.41) is 4.19. The van der Waals surface area contributed by atoms with E-state index >= 15 is 0 Å². The van der Waals surface area contributed by atoms with Gasteiger partial charge in [0.05, 0.1) is 10.8 Å². The highest BCUT2D eigenvalue weighted by atomic mass is 35.5. The van der Waals surface area contributed by atoms with Crippen molar-refractivity contribution >= 4 is 35.0 Å². The predicted molar refractivity (Wildman–Crippen MR) is 89.1 cm³/mol. The number of aromatic nitrogens is 1. The number of hydrogen-bond donors (Lipinski definition) is 1. The van der Waals surface area contributed by atoms with Crippen molar-refractivity contribution in [2.75, 3.05) is 11.1 Å². The fourth-order valence-electron chi connectivity index (χ4n) is 1.91. The topological polar surface area (TPSA) is 42.0 Å². The minimum Gasteiger partial charge on any atom is -0.325 e. The number of nitrogens with zero attached hydrogens (tertiary/aromatic N) is 1. The smallest absolute Gasteiger partial charge is 0.234 e. The maximum Gasteiger partial charge on any atom is 0.234 e. The number of hydrogen-bond acceptors (Lipinski definition) is 3. The molecule has 0 saturated heterocycles. The second kappa shape index (κ2) is 7.48. The summed E-state index contributed by atoms with van der Waals surface area (Å²) in [6.07, 6.45) is 1.67. The van der Waals surface area contributed by atoms with Crippen LogP contribution in [0, 0.1) is 0 Å². The van der Waals surface area contributed by atoms with E-state index in [1.165, 1.54) is 11.8 Å². The van der Waals surface area contributed by atoms with Crippen molar-refractivity contribution in [2.45, 2.75) is 24.8 Å². The molecule has 21 heavy (non-hydrogen) atoms. The van der Waals surface area contributed by atoms with Gasteiger partial charge in [0, 0.05) is 11.9 Å². The van der Waals surface area contributed by atoms with Gasteiger partial charge in [0.25, 0.3) is 0 Å². The van der Waals surface area contributed by atoms with Crippen LogP contribution in [0.4, 0.5) is 5.69 Å². The molecule has 0 unspecified atom stereocenters. The number of benzene rings is 1. The van der Waals surface area contributed by atoms with Gasteiger partial charge in [0.15, 0.2) is 0 Å². The molecule has 1 N–H and O–H groups in total. The standard InChI is InChI=1S/C16H17ClN2OS/c1-11(2)12-6-3-4-8-14(12)19-15(20)10-21-16-13(17)7-5-9-18-16/h3-9,11H,10H2,1-2H3,(H,19,20). The Morgan fingerprint density at radius 1 is 1.29 bits per heavy atom. The lowest BCUT2D eigenvalue weighted by Gasteiger charge is -2.13. The maximum atomic E-state index is 12.1. The fourth-order valence-corrected chi connectivity index (χ4v) is 2.88. The van der Waals surface area contributed by atoms with Crippen molar-refractivity contribution in [1.82, 2.24) is 4.98 Å². The van der Waals surface area contributed by atoms with Crippen LogP contribution in [0.1, 0.15) is 25.3 Å². The van der Waals surface area contributed by atoms with Crippen LogP contribution in [0.15, 0.2) is 47.6 Å². The first-order chi connectivity index (χ1) is 10.1. The van der Waals surface area contributed by atoms with E-state index in [4.69, 9.17) is 11.6 Å². The molecule has 3 nitrogen and oxygen atoms in total. The summed E-state index contributed by atoms with van der Waals surface area (Å²) in [5.41, 5.74) is 2.00. The predicted octanol–water partition coefficient (Wildman–Crippen LogP) is 4.59. The number of halogens is 1. The molecule has 0 atom stereocenters. The van der Waals surface area contributed by atoms with Gasteiger partial charge in [-0.25, -0.2) is 4.98 Å². The molecule has 2 rings (SSSR count). The monoisotopic (exact) mass is 320 g/mol. The molecule has 0 aliphatic carbocycles. The van der Waals surface area contributed by atoms with Gasteiger partial charge >= 0.3 is 0 Å². The molecule has 0 radical (unpaired) electrons. The van der Waals surface area contributed by atoms with Crippen LogP contribution in [-0.2, 0) is 4.79 Å². The van der Waals surface area contributed by atoms with E-state index < -0.39 is 0 Å². The third-order valence-corrected chi connectivity index (χ3v) is 4.34. The molecule has 2 aromatic rings. The van der Waals surface area contributed by atoms with Crippen LogP contribution in [-0.4, -0.2) is 16.6 Å².